The van der Waals surface area contributed by atoms with Crippen molar-refractivity contribution in [3.63, 3.8) is 0 Å². The number of rotatable bonds is 9. The Morgan fingerprint density at radius 2 is 1.86 bits per heavy atom. The molecule has 3 amide bonds. The summed E-state index contributed by atoms with van der Waals surface area (Å²) in [5.41, 5.74) is 2.78. The number of nitrogens with one attached hydrogen (secondary N) is 1. The molecule has 0 bridgehead atoms. The van der Waals surface area contributed by atoms with Crippen molar-refractivity contribution in [3.8, 4) is 11.5 Å². The van der Waals surface area contributed by atoms with Crippen LogP contribution in [-0.2, 0) is 11.3 Å². The first-order valence-electron chi connectivity index (χ1n) is 12.2. The number of aryl methyl sites for hydroxylation is 2. The lowest BCUT2D eigenvalue weighted by Crippen LogP contribution is -2.59. The van der Waals surface area contributed by atoms with Crippen molar-refractivity contribution in [1.82, 2.24) is 14.8 Å². The molecule has 2 aromatic carbocycles. The van der Waals surface area contributed by atoms with Crippen molar-refractivity contribution in [2.24, 2.45) is 0 Å². The highest BCUT2D eigenvalue weighted by molar-refractivity contribution is 5.97. The van der Waals surface area contributed by atoms with Crippen molar-refractivity contribution in [3.05, 3.63) is 83.0 Å². The molecule has 3 aromatic rings. The van der Waals surface area contributed by atoms with Crippen LogP contribution in [0.25, 0.3) is 0 Å². The van der Waals surface area contributed by atoms with Gasteiger partial charge in [0.2, 0.25) is 5.91 Å². The van der Waals surface area contributed by atoms with E-state index in [0.29, 0.717) is 42.5 Å². The number of urea groups is 1. The summed E-state index contributed by atoms with van der Waals surface area (Å²) in [6.45, 7) is 6.44. The largest absolute Gasteiger partial charge is 0.478 e. The molecule has 1 aliphatic rings. The fraction of sp³-hybridized carbons (Fsp3) is 0.286. The van der Waals surface area contributed by atoms with E-state index in [4.69, 9.17) is 4.74 Å². The number of nitrogens with zero attached hydrogens (tertiary/aromatic N) is 3. The smallest absolute Gasteiger partial charge is 0.335 e. The van der Waals surface area contributed by atoms with E-state index in [1.807, 2.05) is 38.1 Å². The lowest BCUT2D eigenvalue weighted by Gasteiger charge is -2.40. The summed E-state index contributed by atoms with van der Waals surface area (Å²) in [5.74, 6) is 0.0833. The number of pyridine rings is 1. The van der Waals surface area contributed by atoms with Crippen LogP contribution in [0.2, 0.25) is 0 Å². The van der Waals surface area contributed by atoms with Gasteiger partial charge >= 0.3 is 12.0 Å². The van der Waals surface area contributed by atoms with E-state index in [2.05, 4.69) is 10.3 Å². The first-order chi connectivity index (χ1) is 17.7. The molecular formula is C28H30N4O5. The van der Waals surface area contributed by atoms with Gasteiger partial charge in [-0.2, -0.15) is 0 Å². The second-order valence-corrected chi connectivity index (χ2v) is 9.02. The lowest BCUT2D eigenvalue weighted by atomic mass is 10.1. The molecule has 37 heavy (non-hydrogen) atoms. The Hall–Kier alpha value is -4.40. The predicted molar refractivity (Wildman–Crippen MR) is 139 cm³/mol. The van der Waals surface area contributed by atoms with Crippen LogP contribution in [0, 0.1) is 13.8 Å². The van der Waals surface area contributed by atoms with Crippen LogP contribution in [0.15, 0.2) is 60.7 Å². The van der Waals surface area contributed by atoms with E-state index in [1.165, 1.54) is 17.0 Å². The molecule has 0 radical (unpaired) electrons. The lowest BCUT2D eigenvalue weighted by molar-refractivity contribution is -0.132. The molecule has 2 heterocycles. The SMILES string of the molecule is CCCN1C(=O)CC(Nc2ccc(Oc3cccc(C(=O)O)c3)c(C)n2)N(Cc2ccc(C)cc2)C1=O. The molecule has 0 spiro atoms. The molecule has 1 saturated heterocycles. The number of benzene rings is 2. The van der Waals surface area contributed by atoms with Gasteiger partial charge in [0, 0.05) is 13.1 Å². The number of amides is 3. The van der Waals surface area contributed by atoms with Crippen LogP contribution >= 0.6 is 0 Å². The zero-order valence-corrected chi connectivity index (χ0v) is 21.1. The molecule has 0 aliphatic carbocycles. The van der Waals surface area contributed by atoms with Gasteiger partial charge < -0.3 is 15.2 Å². The summed E-state index contributed by atoms with van der Waals surface area (Å²) in [4.78, 5) is 44.9. The number of aromatic carboxylic acids is 1. The number of carbonyl (C=O) groups is 3. The zero-order valence-electron chi connectivity index (χ0n) is 21.1. The summed E-state index contributed by atoms with van der Waals surface area (Å²) in [5, 5.41) is 12.5. The van der Waals surface area contributed by atoms with Gasteiger partial charge in [0.1, 0.15) is 23.5 Å². The normalized spacial score (nSPS) is 15.6. The Morgan fingerprint density at radius 1 is 1.11 bits per heavy atom. The van der Waals surface area contributed by atoms with E-state index in [1.54, 1.807) is 36.1 Å². The van der Waals surface area contributed by atoms with Gasteiger partial charge in [0.15, 0.2) is 0 Å². The average Bonchev–Trinajstić information content (AvgIpc) is 2.87. The molecule has 9 nitrogen and oxygen atoms in total. The van der Waals surface area contributed by atoms with E-state index in [-0.39, 0.29) is 23.9 Å². The Kier molecular flexibility index (Phi) is 7.71. The molecule has 2 N–H and O–H groups in total. The molecule has 0 saturated carbocycles. The monoisotopic (exact) mass is 502 g/mol. The minimum Gasteiger partial charge on any atom is -0.478 e. The Balaban J connectivity index is 1.54. The fourth-order valence-electron chi connectivity index (χ4n) is 4.15. The minimum absolute atomic E-state index is 0.124. The first kappa shape index (κ1) is 25.7. The topological polar surface area (TPSA) is 112 Å². The van der Waals surface area contributed by atoms with E-state index in [0.717, 1.165) is 11.1 Å². The van der Waals surface area contributed by atoms with Crippen molar-refractivity contribution in [1.29, 1.82) is 0 Å². The van der Waals surface area contributed by atoms with E-state index in [9.17, 15) is 19.5 Å². The summed E-state index contributed by atoms with van der Waals surface area (Å²) < 4.78 is 5.85. The fourth-order valence-corrected chi connectivity index (χ4v) is 4.15. The molecule has 1 unspecified atom stereocenters. The molecule has 1 atom stereocenters. The average molecular weight is 503 g/mol. The van der Waals surface area contributed by atoms with Crippen LogP contribution in [0.4, 0.5) is 10.6 Å². The van der Waals surface area contributed by atoms with Gasteiger partial charge in [-0.3, -0.25) is 14.6 Å². The van der Waals surface area contributed by atoms with E-state index < -0.39 is 12.1 Å². The van der Waals surface area contributed by atoms with Crippen LogP contribution < -0.4 is 10.1 Å². The molecule has 1 fully saturated rings. The highest BCUT2D eigenvalue weighted by Crippen LogP contribution is 2.28. The number of aromatic nitrogens is 1. The van der Waals surface area contributed by atoms with Gasteiger partial charge in [0.25, 0.3) is 0 Å². The maximum Gasteiger partial charge on any atom is 0.335 e. The highest BCUT2D eigenvalue weighted by atomic mass is 16.5. The maximum atomic E-state index is 13.3. The maximum absolute atomic E-state index is 13.3. The third kappa shape index (κ3) is 6.06. The van der Waals surface area contributed by atoms with Gasteiger partial charge in [-0.1, -0.05) is 42.8 Å². The third-order valence-corrected chi connectivity index (χ3v) is 6.10. The van der Waals surface area contributed by atoms with Crippen LogP contribution in [0.1, 0.15) is 46.9 Å². The van der Waals surface area contributed by atoms with Crippen molar-refractivity contribution >= 4 is 23.7 Å². The number of carboxylic acids is 1. The Morgan fingerprint density at radius 3 is 2.54 bits per heavy atom. The number of carboxylic acid groups (broad SMARTS) is 1. The number of hydrogen-bond acceptors (Lipinski definition) is 6. The summed E-state index contributed by atoms with van der Waals surface area (Å²) in [6, 6.07) is 17.3. The molecule has 1 aliphatic heterocycles. The van der Waals surface area contributed by atoms with Gasteiger partial charge in [0.05, 0.1) is 17.7 Å². The number of ether oxygens (including phenoxy) is 1. The first-order valence-corrected chi connectivity index (χ1v) is 12.2. The molecular weight excluding hydrogens is 472 g/mol. The van der Waals surface area contributed by atoms with Crippen molar-refractivity contribution < 1.29 is 24.2 Å². The molecule has 1 aromatic heterocycles. The van der Waals surface area contributed by atoms with Crippen LogP contribution in [0.3, 0.4) is 0 Å². The number of carbonyl (C=O) groups excluding carboxylic acids is 2. The second-order valence-electron chi connectivity index (χ2n) is 9.02. The molecule has 4 rings (SSSR count). The Bertz CT molecular complexity index is 1310. The number of hydrogen-bond donors (Lipinski definition) is 2. The second kappa shape index (κ2) is 11.1. The van der Waals surface area contributed by atoms with Crippen LogP contribution in [-0.4, -0.2) is 50.5 Å². The quantitative estimate of drug-likeness (QED) is 0.414. The van der Waals surface area contributed by atoms with Gasteiger partial charge in [-0.25, -0.2) is 14.6 Å². The summed E-state index contributed by atoms with van der Waals surface area (Å²) >= 11 is 0. The number of anilines is 1. The van der Waals surface area contributed by atoms with Gasteiger partial charge in [-0.05, 0) is 56.2 Å². The van der Waals surface area contributed by atoms with E-state index >= 15 is 0 Å². The molecule has 9 heteroatoms. The molecule has 192 valence electrons. The minimum atomic E-state index is -1.04. The van der Waals surface area contributed by atoms with Crippen molar-refractivity contribution in [2.45, 2.75) is 46.3 Å². The third-order valence-electron chi connectivity index (χ3n) is 6.10. The van der Waals surface area contributed by atoms with Crippen molar-refractivity contribution in [2.75, 3.05) is 11.9 Å². The number of imide groups is 1. The zero-order chi connectivity index (χ0) is 26.5. The van der Waals surface area contributed by atoms with Gasteiger partial charge in [-0.15, -0.1) is 0 Å². The highest BCUT2D eigenvalue weighted by Gasteiger charge is 2.38. The standard InChI is InChI=1S/C28H30N4O5/c1-4-14-31-26(33)16-25(32(28(31)36)17-20-10-8-18(2)9-11-20)30-24-13-12-23(19(3)29-24)37-22-7-5-6-21(15-22)27(34)35/h5-13,15,25H,4,14,16-17H2,1-3H3,(H,29,30)(H,34,35). The van der Waals surface area contributed by atoms with Crippen LogP contribution in [0.5, 0.6) is 11.5 Å². The summed E-state index contributed by atoms with van der Waals surface area (Å²) in [7, 11) is 0. The summed E-state index contributed by atoms with van der Waals surface area (Å²) in [6.07, 6.45) is 0.240. The Labute approximate surface area is 215 Å². The predicted octanol–water partition coefficient (Wildman–Crippen LogP) is 5.19.